The van der Waals surface area contributed by atoms with Gasteiger partial charge in [0, 0.05) is 6.20 Å². The fourth-order valence-electron chi connectivity index (χ4n) is 2.06. The maximum Gasteiger partial charge on any atom is 0.143 e. The van der Waals surface area contributed by atoms with Crippen molar-refractivity contribution in [1.29, 1.82) is 5.26 Å². The van der Waals surface area contributed by atoms with Crippen molar-refractivity contribution in [2.24, 2.45) is 0 Å². The second-order valence-corrected chi connectivity index (χ2v) is 4.15. The standard InChI is InChI=1S/C14H20N2/c1-3-5-6-8-12(4-2)13-9-7-10-16-14(13)11-15/h7,9-10,12H,3-6,8H2,1-2H3. The SMILES string of the molecule is CCCCCC(CC)c1cccnc1C#N. The van der Waals surface area contributed by atoms with E-state index in [0.717, 1.165) is 12.0 Å². The van der Waals surface area contributed by atoms with Crippen LogP contribution in [-0.2, 0) is 0 Å². The molecule has 0 amide bonds. The molecule has 1 aromatic heterocycles. The van der Waals surface area contributed by atoms with Gasteiger partial charge in [-0.3, -0.25) is 0 Å². The maximum atomic E-state index is 9.02. The van der Waals surface area contributed by atoms with E-state index in [1.54, 1.807) is 6.20 Å². The van der Waals surface area contributed by atoms with Gasteiger partial charge in [0.05, 0.1) is 0 Å². The first-order valence-corrected chi connectivity index (χ1v) is 6.18. The topological polar surface area (TPSA) is 36.7 Å². The van der Waals surface area contributed by atoms with E-state index in [4.69, 9.17) is 5.26 Å². The second-order valence-electron chi connectivity index (χ2n) is 4.15. The van der Waals surface area contributed by atoms with E-state index in [2.05, 4.69) is 24.9 Å². The highest BCUT2D eigenvalue weighted by atomic mass is 14.7. The molecule has 0 saturated carbocycles. The van der Waals surface area contributed by atoms with Crippen molar-refractivity contribution in [3.63, 3.8) is 0 Å². The van der Waals surface area contributed by atoms with E-state index < -0.39 is 0 Å². The molecule has 0 fully saturated rings. The second kappa shape index (κ2) is 7.00. The molecule has 0 aliphatic carbocycles. The van der Waals surface area contributed by atoms with Crippen molar-refractivity contribution in [2.45, 2.75) is 51.9 Å². The largest absolute Gasteiger partial charge is 0.245 e. The number of nitriles is 1. The van der Waals surface area contributed by atoms with Crippen molar-refractivity contribution in [3.8, 4) is 6.07 Å². The summed E-state index contributed by atoms with van der Waals surface area (Å²) in [5, 5.41) is 9.02. The molecule has 1 heterocycles. The molecule has 1 aromatic rings. The van der Waals surface area contributed by atoms with Crippen molar-refractivity contribution in [3.05, 3.63) is 29.6 Å². The smallest absolute Gasteiger partial charge is 0.143 e. The van der Waals surface area contributed by atoms with E-state index in [1.165, 1.54) is 25.7 Å². The Hall–Kier alpha value is -1.36. The van der Waals surface area contributed by atoms with Crippen LogP contribution in [0.4, 0.5) is 0 Å². The molecule has 1 rings (SSSR count). The zero-order chi connectivity index (χ0) is 11.8. The molecule has 0 aliphatic rings. The first kappa shape index (κ1) is 12.7. The fourth-order valence-corrected chi connectivity index (χ4v) is 2.06. The van der Waals surface area contributed by atoms with Gasteiger partial charge in [-0.05, 0) is 30.4 Å². The van der Waals surface area contributed by atoms with Gasteiger partial charge in [-0.2, -0.15) is 5.26 Å². The minimum absolute atomic E-state index is 0.495. The summed E-state index contributed by atoms with van der Waals surface area (Å²) < 4.78 is 0. The third-order valence-electron chi connectivity index (χ3n) is 3.03. The van der Waals surface area contributed by atoms with Gasteiger partial charge in [0.2, 0.25) is 0 Å². The van der Waals surface area contributed by atoms with Gasteiger partial charge in [-0.15, -0.1) is 0 Å². The summed E-state index contributed by atoms with van der Waals surface area (Å²) in [4.78, 5) is 4.13. The van der Waals surface area contributed by atoms with Gasteiger partial charge in [-0.1, -0.05) is 39.2 Å². The molecule has 0 aromatic carbocycles. The van der Waals surface area contributed by atoms with Crippen LogP contribution in [-0.4, -0.2) is 4.98 Å². The van der Waals surface area contributed by atoms with Crippen LogP contribution in [0.15, 0.2) is 18.3 Å². The highest BCUT2D eigenvalue weighted by Gasteiger charge is 2.13. The van der Waals surface area contributed by atoms with E-state index >= 15 is 0 Å². The van der Waals surface area contributed by atoms with Crippen LogP contribution in [0, 0.1) is 11.3 Å². The Morgan fingerprint density at radius 2 is 2.19 bits per heavy atom. The minimum Gasteiger partial charge on any atom is -0.245 e. The molecule has 0 saturated heterocycles. The molecule has 0 aliphatic heterocycles. The first-order chi connectivity index (χ1) is 7.83. The summed E-state index contributed by atoms with van der Waals surface area (Å²) in [5.74, 6) is 0.495. The average Bonchev–Trinajstić information content (AvgIpc) is 2.35. The molecule has 0 radical (unpaired) electrons. The van der Waals surface area contributed by atoms with E-state index in [-0.39, 0.29) is 0 Å². The molecule has 0 N–H and O–H groups in total. The van der Waals surface area contributed by atoms with E-state index in [1.807, 2.05) is 12.1 Å². The molecule has 16 heavy (non-hydrogen) atoms. The van der Waals surface area contributed by atoms with Crippen molar-refractivity contribution >= 4 is 0 Å². The zero-order valence-corrected chi connectivity index (χ0v) is 10.2. The van der Waals surface area contributed by atoms with E-state index in [0.29, 0.717) is 11.6 Å². The summed E-state index contributed by atoms with van der Waals surface area (Å²) in [7, 11) is 0. The Morgan fingerprint density at radius 3 is 2.81 bits per heavy atom. The number of hydrogen-bond acceptors (Lipinski definition) is 2. The predicted octanol–water partition coefficient (Wildman–Crippen LogP) is 4.03. The van der Waals surface area contributed by atoms with Crippen molar-refractivity contribution in [1.82, 2.24) is 4.98 Å². The monoisotopic (exact) mass is 216 g/mol. The van der Waals surface area contributed by atoms with Crippen LogP contribution < -0.4 is 0 Å². The summed E-state index contributed by atoms with van der Waals surface area (Å²) in [6.07, 6.45) is 7.72. The number of unbranched alkanes of at least 4 members (excludes halogenated alkanes) is 2. The van der Waals surface area contributed by atoms with Crippen LogP contribution in [0.2, 0.25) is 0 Å². The van der Waals surface area contributed by atoms with Crippen LogP contribution in [0.5, 0.6) is 0 Å². The Balaban J connectivity index is 2.74. The van der Waals surface area contributed by atoms with Crippen molar-refractivity contribution in [2.75, 3.05) is 0 Å². The summed E-state index contributed by atoms with van der Waals surface area (Å²) in [6.45, 7) is 4.40. The molecule has 1 unspecified atom stereocenters. The zero-order valence-electron chi connectivity index (χ0n) is 10.2. The molecule has 0 bridgehead atoms. The number of nitrogens with zero attached hydrogens (tertiary/aromatic N) is 2. The third kappa shape index (κ3) is 3.34. The van der Waals surface area contributed by atoms with E-state index in [9.17, 15) is 0 Å². The summed E-state index contributed by atoms with van der Waals surface area (Å²) in [6, 6.07) is 6.17. The normalized spacial score (nSPS) is 12.1. The first-order valence-electron chi connectivity index (χ1n) is 6.18. The van der Waals surface area contributed by atoms with Gasteiger partial charge in [0.15, 0.2) is 0 Å². The quantitative estimate of drug-likeness (QED) is 0.673. The van der Waals surface area contributed by atoms with Crippen molar-refractivity contribution < 1.29 is 0 Å². The lowest BCUT2D eigenvalue weighted by molar-refractivity contribution is 0.551. The minimum atomic E-state index is 0.495. The Morgan fingerprint density at radius 1 is 1.38 bits per heavy atom. The lowest BCUT2D eigenvalue weighted by Gasteiger charge is -2.15. The molecular formula is C14H20N2. The molecule has 1 atom stereocenters. The Kier molecular flexibility index (Phi) is 5.56. The lowest BCUT2D eigenvalue weighted by atomic mass is 9.90. The Labute approximate surface area is 98.3 Å². The number of aromatic nitrogens is 1. The number of pyridine rings is 1. The van der Waals surface area contributed by atoms with Gasteiger partial charge in [0.1, 0.15) is 11.8 Å². The molecule has 86 valence electrons. The van der Waals surface area contributed by atoms with Crippen LogP contribution in [0.3, 0.4) is 0 Å². The molecular weight excluding hydrogens is 196 g/mol. The average molecular weight is 216 g/mol. The molecule has 2 nitrogen and oxygen atoms in total. The Bertz CT molecular complexity index is 352. The fraction of sp³-hybridized carbons (Fsp3) is 0.571. The van der Waals surface area contributed by atoms with Crippen LogP contribution in [0.25, 0.3) is 0 Å². The lowest BCUT2D eigenvalue weighted by Crippen LogP contribution is -2.02. The summed E-state index contributed by atoms with van der Waals surface area (Å²) in [5.41, 5.74) is 1.73. The molecule has 0 spiro atoms. The highest BCUT2D eigenvalue weighted by Crippen LogP contribution is 2.27. The van der Waals surface area contributed by atoms with Gasteiger partial charge in [-0.25, -0.2) is 4.98 Å². The maximum absolute atomic E-state index is 9.02. The summed E-state index contributed by atoms with van der Waals surface area (Å²) >= 11 is 0. The van der Waals surface area contributed by atoms with Gasteiger partial charge >= 0.3 is 0 Å². The number of rotatable bonds is 6. The molecule has 2 heteroatoms. The number of hydrogen-bond donors (Lipinski definition) is 0. The van der Waals surface area contributed by atoms with Crippen LogP contribution >= 0.6 is 0 Å². The highest BCUT2D eigenvalue weighted by molar-refractivity contribution is 5.33. The predicted molar refractivity (Wildman–Crippen MR) is 66.1 cm³/mol. The van der Waals surface area contributed by atoms with Gasteiger partial charge < -0.3 is 0 Å². The van der Waals surface area contributed by atoms with Gasteiger partial charge in [0.25, 0.3) is 0 Å². The van der Waals surface area contributed by atoms with Crippen LogP contribution in [0.1, 0.15) is 63.1 Å². The third-order valence-corrected chi connectivity index (χ3v) is 3.03.